The number of piperazine rings is 1. The molecule has 0 N–H and O–H groups in total. The molecular formula is C26H23N3O3. The third-order valence-corrected chi connectivity index (χ3v) is 5.85. The third-order valence-electron chi connectivity index (χ3n) is 5.85. The van der Waals surface area contributed by atoms with Gasteiger partial charge in [-0.3, -0.25) is 9.59 Å². The van der Waals surface area contributed by atoms with Gasteiger partial charge in [-0.2, -0.15) is 0 Å². The van der Waals surface area contributed by atoms with Gasteiger partial charge in [0.1, 0.15) is 0 Å². The van der Waals surface area contributed by atoms with E-state index in [0.717, 1.165) is 27.7 Å². The summed E-state index contributed by atoms with van der Waals surface area (Å²) in [6.45, 7) is 3.90. The number of hydrogen-bond donors (Lipinski definition) is 0. The van der Waals surface area contributed by atoms with Gasteiger partial charge in [0.25, 0.3) is 11.8 Å². The molecule has 6 nitrogen and oxygen atoms in total. The Hall–Kier alpha value is -3.93. The summed E-state index contributed by atoms with van der Waals surface area (Å²) in [5.74, 6) is 0.150. The molecule has 160 valence electrons. The fraction of sp³-hybridized carbons (Fsp3) is 0.192. The number of aromatic nitrogens is 1. The van der Waals surface area contributed by atoms with Crippen molar-refractivity contribution in [1.29, 1.82) is 0 Å². The fourth-order valence-corrected chi connectivity index (χ4v) is 4.11. The van der Waals surface area contributed by atoms with E-state index in [2.05, 4.69) is 0 Å². The second-order valence-electron chi connectivity index (χ2n) is 8.00. The highest BCUT2D eigenvalue weighted by Gasteiger charge is 2.27. The average Bonchev–Trinajstić information content (AvgIpc) is 3.38. The summed E-state index contributed by atoms with van der Waals surface area (Å²) in [6, 6.07) is 21.1. The molecule has 0 radical (unpaired) electrons. The van der Waals surface area contributed by atoms with Crippen LogP contribution in [-0.4, -0.2) is 52.8 Å². The van der Waals surface area contributed by atoms with E-state index in [4.69, 9.17) is 9.40 Å². The molecule has 1 fully saturated rings. The van der Waals surface area contributed by atoms with Gasteiger partial charge in [0.2, 0.25) is 0 Å². The second-order valence-corrected chi connectivity index (χ2v) is 8.00. The van der Waals surface area contributed by atoms with E-state index < -0.39 is 0 Å². The summed E-state index contributed by atoms with van der Waals surface area (Å²) >= 11 is 0. The van der Waals surface area contributed by atoms with Gasteiger partial charge in [-0.05, 0) is 37.3 Å². The Bertz CT molecular complexity index is 1270. The van der Waals surface area contributed by atoms with Crippen molar-refractivity contribution in [3.05, 3.63) is 89.9 Å². The van der Waals surface area contributed by atoms with Crippen LogP contribution in [0.4, 0.5) is 0 Å². The lowest BCUT2D eigenvalue weighted by atomic mass is 10.0. The lowest BCUT2D eigenvalue weighted by Gasteiger charge is -2.34. The van der Waals surface area contributed by atoms with Crippen LogP contribution in [0.5, 0.6) is 0 Å². The van der Waals surface area contributed by atoms with Gasteiger partial charge in [0.15, 0.2) is 5.76 Å². The first-order valence-corrected chi connectivity index (χ1v) is 10.7. The van der Waals surface area contributed by atoms with Crippen molar-refractivity contribution in [3.63, 3.8) is 0 Å². The fourth-order valence-electron chi connectivity index (χ4n) is 4.11. The van der Waals surface area contributed by atoms with E-state index in [1.54, 1.807) is 17.0 Å². The maximum atomic E-state index is 13.6. The molecule has 1 aliphatic heterocycles. The molecule has 2 aromatic heterocycles. The molecule has 0 bridgehead atoms. The number of furan rings is 1. The highest BCUT2D eigenvalue weighted by atomic mass is 16.3. The molecular weight excluding hydrogens is 402 g/mol. The van der Waals surface area contributed by atoms with E-state index in [1.165, 1.54) is 6.26 Å². The van der Waals surface area contributed by atoms with Crippen molar-refractivity contribution in [1.82, 2.24) is 14.8 Å². The zero-order valence-corrected chi connectivity index (χ0v) is 17.8. The highest BCUT2D eigenvalue weighted by Crippen LogP contribution is 2.27. The topological polar surface area (TPSA) is 66.7 Å². The first-order valence-electron chi connectivity index (χ1n) is 10.7. The van der Waals surface area contributed by atoms with Crippen LogP contribution >= 0.6 is 0 Å². The van der Waals surface area contributed by atoms with E-state index in [0.29, 0.717) is 37.5 Å². The number of carbonyl (C=O) groups excluding carboxylic acids is 2. The molecule has 5 rings (SSSR count). The Morgan fingerprint density at radius 1 is 0.844 bits per heavy atom. The monoisotopic (exact) mass is 425 g/mol. The Morgan fingerprint density at radius 2 is 1.56 bits per heavy atom. The number of pyridine rings is 1. The zero-order valence-electron chi connectivity index (χ0n) is 17.8. The predicted octanol–water partition coefficient (Wildman–Crippen LogP) is 4.40. The molecule has 0 unspecified atom stereocenters. The highest BCUT2D eigenvalue weighted by molar-refractivity contribution is 6.07. The van der Waals surface area contributed by atoms with Crippen LogP contribution in [0.3, 0.4) is 0 Å². The van der Waals surface area contributed by atoms with Gasteiger partial charge in [0, 0.05) is 37.1 Å². The normalized spacial score (nSPS) is 14.0. The van der Waals surface area contributed by atoms with Crippen LogP contribution in [0.2, 0.25) is 0 Å². The number of fused-ring (bicyclic) bond motifs is 1. The van der Waals surface area contributed by atoms with Crippen LogP contribution in [-0.2, 0) is 0 Å². The van der Waals surface area contributed by atoms with Crippen LogP contribution in [0.25, 0.3) is 22.2 Å². The van der Waals surface area contributed by atoms with Crippen molar-refractivity contribution in [3.8, 4) is 11.3 Å². The van der Waals surface area contributed by atoms with E-state index >= 15 is 0 Å². The van der Waals surface area contributed by atoms with E-state index in [-0.39, 0.29) is 11.8 Å². The Balaban J connectivity index is 1.44. The zero-order chi connectivity index (χ0) is 22.1. The lowest BCUT2D eigenvalue weighted by Crippen LogP contribution is -2.50. The number of amides is 2. The minimum atomic E-state index is -0.140. The van der Waals surface area contributed by atoms with Gasteiger partial charge in [-0.15, -0.1) is 0 Å². The molecule has 2 aromatic carbocycles. The smallest absolute Gasteiger partial charge is 0.289 e. The lowest BCUT2D eigenvalue weighted by molar-refractivity contribution is 0.0519. The maximum absolute atomic E-state index is 13.6. The number of nitrogens with zero attached hydrogens (tertiary/aromatic N) is 3. The average molecular weight is 425 g/mol. The maximum Gasteiger partial charge on any atom is 0.289 e. The summed E-state index contributed by atoms with van der Waals surface area (Å²) in [7, 11) is 0. The minimum Gasteiger partial charge on any atom is -0.459 e. The number of hydrogen-bond acceptors (Lipinski definition) is 4. The van der Waals surface area contributed by atoms with Crippen LogP contribution in [0.15, 0.2) is 77.4 Å². The number of carbonyl (C=O) groups is 2. The molecule has 0 saturated carbocycles. The van der Waals surface area contributed by atoms with Crippen LogP contribution < -0.4 is 0 Å². The second kappa shape index (κ2) is 8.30. The van der Waals surface area contributed by atoms with Crippen LogP contribution in [0.1, 0.15) is 26.5 Å². The van der Waals surface area contributed by atoms with E-state index in [1.807, 2.05) is 66.4 Å². The van der Waals surface area contributed by atoms with Gasteiger partial charge in [-0.1, -0.05) is 42.0 Å². The standard InChI is InChI=1S/C26H23N3O3/c1-18-9-10-22-20(16-18)21(17-23(27-22)19-6-3-2-4-7-19)25(30)28-11-13-29(14-12-28)26(31)24-8-5-15-32-24/h2-10,15-17H,11-14H2,1H3. The first-order chi connectivity index (χ1) is 15.6. The minimum absolute atomic E-state index is 0.0368. The van der Waals surface area contributed by atoms with Crippen molar-refractivity contribution < 1.29 is 14.0 Å². The van der Waals surface area contributed by atoms with Gasteiger partial charge < -0.3 is 14.2 Å². The molecule has 0 spiro atoms. The summed E-state index contributed by atoms with van der Waals surface area (Å²) in [6.07, 6.45) is 1.49. The number of rotatable bonds is 3. The van der Waals surface area contributed by atoms with Gasteiger partial charge in [0.05, 0.1) is 23.0 Å². The first kappa shape index (κ1) is 20.0. The Labute approximate surface area is 186 Å². The molecule has 4 aromatic rings. The number of benzene rings is 2. The van der Waals surface area contributed by atoms with Crippen molar-refractivity contribution in [2.75, 3.05) is 26.2 Å². The Morgan fingerprint density at radius 3 is 2.25 bits per heavy atom. The van der Waals surface area contributed by atoms with Crippen LogP contribution in [0, 0.1) is 6.92 Å². The van der Waals surface area contributed by atoms with Gasteiger partial charge >= 0.3 is 0 Å². The van der Waals surface area contributed by atoms with Crippen molar-refractivity contribution in [2.45, 2.75) is 6.92 Å². The number of aryl methyl sites for hydroxylation is 1. The third kappa shape index (κ3) is 3.75. The molecule has 0 aliphatic carbocycles. The summed E-state index contributed by atoms with van der Waals surface area (Å²) in [4.78, 5) is 34.5. The summed E-state index contributed by atoms with van der Waals surface area (Å²) in [5.41, 5.74) is 4.26. The summed E-state index contributed by atoms with van der Waals surface area (Å²) < 4.78 is 5.23. The molecule has 3 heterocycles. The predicted molar refractivity (Wildman–Crippen MR) is 122 cm³/mol. The molecule has 6 heteroatoms. The van der Waals surface area contributed by atoms with Gasteiger partial charge in [-0.25, -0.2) is 4.98 Å². The summed E-state index contributed by atoms with van der Waals surface area (Å²) in [5, 5.41) is 0.851. The Kier molecular flexibility index (Phi) is 5.19. The molecule has 0 atom stereocenters. The molecule has 1 aliphatic rings. The molecule has 1 saturated heterocycles. The largest absolute Gasteiger partial charge is 0.459 e. The molecule has 32 heavy (non-hydrogen) atoms. The quantitative estimate of drug-likeness (QED) is 0.488. The van der Waals surface area contributed by atoms with Crippen molar-refractivity contribution >= 4 is 22.7 Å². The molecule has 2 amide bonds. The van der Waals surface area contributed by atoms with Crippen molar-refractivity contribution in [2.24, 2.45) is 0 Å². The SMILES string of the molecule is Cc1ccc2nc(-c3ccccc3)cc(C(=O)N3CCN(C(=O)c4ccco4)CC3)c2c1. The van der Waals surface area contributed by atoms with E-state index in [9.17, 15) is 9.59 Å².